The monoisotopic (exact) mass is 549 g/mol. The van der Waals surface area contributed by atoms with E-state index in [-0.39, 0.29) is 17.3 Å². The number of fused-ring (bicyclic) bond motifs is 1. The van der Waals surface area contributed by atoms with E-state index < -0.39 is 17.8 Å². The lowest BCUT2D eigenvalue weighted by Gasteiger charge is -2.31. The molecule has 2 aromatic heterocycles. The first kappa shape index (κ1) is 26.9. The van der Waals surface area contributed by atoms with Crippen LogP contribution in [-0.4, -0.2) is 55.1 Å². The molecule has 4 N–H and O–H groups in total. The molecule has 0 radical (unpaired) electrons. The molecule has 5 rings (SSSR count). The van der Waals surface area contributed by atoms with Gasteiger partial charge in [0, 0.05) is 62.0 Å². The zero-order valence-corrected chi connectivity index (χ0v) is 21.5. The van der Waals surface area contributed by atoms with E-state index in [2.05, 4.69) is 31.2 Å². The Morgan fingerprint density at radius 2 is 1.65 bits per heavy atom. The fourth-order valence-corrected chi connectivity index (χ4v) is 4.56. The third-order valence-corrected chi connectivity index (χ3v) is 6.49. The Labute approximate surface area is 227 Å². The van der Waals surface area contributed by atoms with E-state index in [0.29, 0.717) is 59.7 Å². The lowest BCUT2D eigenvalue weighted by molar-refractivity contribution is -0.137. The molecule has 1 saturated heterocycles. The largest absolute Gasteiger partial charge is 0.418 e. The number of carbonyl (C=O) groups excluding carboxylic acids is 2. The van der Waals surface area contributed by atoms with Crippen LogP contribution in [0.5, 0.6) is 0 Å². The number of rotatable bonds is 5. The molecule has 40 heavy (non-hydrogen) atoms. The summed E-state index contributed by atoms with van der Waals surface area (Å²) in [4.78, 5) is 35.6. The van der Waals surface area contributed by atoms with Crippen molar-refractivity contribution >= 4 is 40.0 Å². The molecule has 9 nitrogen and oxygen atoms in total. The predicted molar refractivity (Wildman–Crippen MR) is 148 cm³/mol. The summed E-state index contributed by atoms with van der Waals surface area (Å²) < 4.78 is 41.5. The molecular formula is C28H26F3N7O2. The first-order valence-electron chi connectivity index (χ1n) is 12.6. The van der Waals surface area contributed by atoms with E-state index in [1.54, 1.807) is 53.6 Å². The highest BCUT2D eigenvalue weighted by Crippen LogP contribution is 2.38. The summed E-state index contributed by atoms with van der Waals surface area (Å²) in [6, 6.07) is 15.0. The lowest BCUT2D eigenvalue weighted by atomic mass is 10.1. The molecule has 0 saturated carbocycles. The Morgan fingerprint density at radius 1 is 0.950 bits per heavy atom. The Kier molecular flexibility index (Phi) is 7.52. The first-order chi connectivity index (χ1) is 19.2. The number of nitrogens with one attached hydrogen (secondary N) is 4. The van der Waals surface area contributed by atoms with Crippen molar-refractivity contribution < 1.29 is 22.8 Å². The number of aromatic nitrogens is 2. The number of alkyl halides is 3. The lowest BCUT2D eigenvalue weighted by Crippen LogP contribution is -2.44. The van der Waals surface area contributed by atoms with Crippen molar-refractivity contribution in [3.05, 3.63) is 78.0 Å². The number of halogens is 3. The molecule has 2 aromatic carbocycles. The van der Waals surface area contributed by atoms with Gasteiger partial charge in [-0.3, -0.25) is 9.78 Å². The molecule has 12 heteroatoms. The molecule has 0 aliphatic carbocycles. The summed E-state index contributed by atoms with van der Waals surface area (Å²) in [7, 11) is 1.54. The van der Waals surface area contributed by atoms with Crippen LogP contribution in [0.2, 0.25) is 0 Å². The van der Waals surface area contributed by atoms with Crippen molar-refractivity contribution in [2.75, 3.05) is 48.8 Å². The van der Waals surface area contributed by atoms with Gasteiger partial charge in [-0.25, -0.2) is 9.78 Å². The van der Waals surface area contributed by atoms with Crippen LogP contribution in [0.3, 0.4) is 0 Å². The van der Waals surface area contributed by atoms with E-state index in [0.717, 1.165) is 6.07 Å². The Bertz CT molecular complexity index is 1550. The van der Waals surface area contributed by atoms with Gasteiger partial charge < -0.3 is 26.2 Å². The molecule has 1 fully saturated rings. The smallest absolute Gasteiger partial charge is 0.368 e. The van der Waals surface area contributed by atoms with Gasteiger partial charge in [0.25, 0.3) is 5.91 Å². The predicted octanol–water partition coefficient (Wildman–Crippen LogP) is 4.73. The average molecular weight is 550 g/mol. The normalized spacial score (nSPS) is 13.7. The second-order valence-electron chi connectivity index (χ2n) is 9.13. The molecule has 0 spiro atoms. The maximum absolute atomic E-state index is 13.8. The summed E-state index contributed by atoms with van der Waals surface area (Å²) >= 11 is 0. The van der Waals surface area contributed by atoms with Gasteiger partial charge in [-0.2, -0.15) is 13.2 Å². The van der Waals surface area contributed by atoms with E-state index in [9.17, 15) is 22.8 Å². The van der Waals surface area contributed by atoms with Gasteiger partial charge in [-0.05, 0) is 48.5 Å². The summed E-state index contributed by atoms with van der Waals surface area (Å²) in [6.45, 7) is 2.12. The summed E-state index contributed by atoms with van der Waals surface area (Å²) in [5.74, 6) is -0.294. The molecule has 0 unspecified atom stereocenters. The van der Waals surface area contributed by atoms with Crippen LogP contribution in [0.1, 0.15) is 15.9 Å². The zero-order valence-electron chi connectivity index (χ0n) is 21.5. The van der Waals surface area contributed by atoms with E-state index in [1.165, 1.54) is 19.2 Å². The molecule has 1 aliphatic rings. The Balaban J connectivity index is 1.32. The highest BCUT2D eigenvalue weighted by molar-refractivity contribution is 6.05. The van der Waals surface area contributed by atoms with Crippen molar-refractivity contribution in [1.29, 1.82) is 0 Å². The first-order valence-corrected chi connectivity index (χ1v) is 12.6. The van der Waals surface area contributed by atoms with Gasteiger partial charge in [0.2, 0.25) is 0 Å². The molecule has 4 aromatic rings. The van der Waals surface area contributed by atoms with Gasteiger partial charge in [0.1, 0.15) is 5.52 Å². The Hall–Kier alpha value is -4.71. The maximum atomic E-state index is 13.8. The summed E-state index contributed by atoms with van der Waals surface area (Å²) in [6.07, 6.45) is -2.99. The molecule has 1 aliphatic heterocycles. The number of benzene rings is 2. The number of hydrogen-bond donors (Lipinski definition) is 4. The minimum atomic E-state index is -4.57. The Morgan fingerprint density at radius 3 is 2.35 bits per heavy atom. The fraction of sp³-hybridized carbons (Fsp3) is 0.214. The van der Waals surface area contributed by atoms with Crippen molar-refractivity contribution in [1.82, 2.24) is 20.6 Å². The van der Waals surface area contributed by atoms with E-state index in [4.69, 9.17) is 0 Å². The van der Waals surface area contributed by atoms with Crippen molar-refractivity contribution in [3.8, 4) is 11.3 Å². The molecular weight excluding hydrogens is 523 g/mol. The highest BCUT2D eigenvalue weighted by Gasteiger charge is 2.35. The van der Waals surface area contributed by atoms with Crippen LogP contribution in [0, 0.1) is 0 Å². The van der Waals surface area contributed by atoms with Crippen LogP contribution in [0.4, 0.5) is 35.0 Å². The van der Waals surface area contributed by atoms with Crippen LogP contribution < -0.4 is 26.2 Å². The van der Waals surface area contributed by atoms with E-state index >= 15 is 0 Å². The zero-order chi connectivity index (χ0) is 28.3. The van der Waals surface area contributed by atoms with Crippen molar-refractivity contribution in [2.45, 2.75) is 6.18 Å². The van der Waals surface area contributed by atoms with Crippen molar-refractivity contribution in [2.24, 2.45) is 0 Å². The molecule has 0 bridgehead atoms. The van der Waals surface area contributed by atoms with Gasteiger partial charge >= 0.3 is 12.2 Å². The van der Waals surface area contributed by atoms with Crippen LogP contribution in [0.15, 0.2) is 66.9 Å². The molecule has 3 heterocycles. The third-order valence-electron chi connectivity index (χ3n) is 6.49. The number of piperazine rings is 1. The quantitative estimate of drug-likeness (QED) is 0.287. The molecule has 206 valence electrons. The van der Waals surface area contributed by atoms with Crippen molar-refractivity contribution in [3.63, 3.8) is 0 Å². The van der Waals surface area contributed by atoms with Gasteiger partial charge in [0.15, 0.2) is 0 Å². The van der Waals surface area contributed by atoms with Gasteiger partial charge in [-0.1, -0.05) is 12.1 Å². The fourth-order valence-electron chi connectivity index (χ4n) is 4.56. The number of anilines is 3. The number of pyridine rings is 2. The molecule has 0 atom stereocenters. The summed E-state index contributed by atoms with van der Waals surface area (Å²) in [5, 5.41) is 10.8. The number of carbonyl (C=O) groups is 2. The second kappa shape index (κ2) is 11.2. The standard InChI is InChI=1S/C28H26F3N7O2/c1-32-26(39)20-16-23(37-22-3-2-10-34-25(20)22)17-4-6-18(7-5-17)35-27(40)36-19-8-9-24(21(15-19)28(29,30)31)38-13-11-33-12-14-38/h2-10,15-16,33H,11-14H2,1H3,(H,32,39)(H2,35,36,40). The van der Waals surface area contributed by atoms with Crippen LogP contribution >= 0.6 is 0 Å². The topological polar surface area (TPSA) is 111 Å². The summed E-state index contributed by atoms with van der Waals surface area (Å²) in [5.41, 5.74) is 2.39. The van der Waals surface area contributed by atoms with Gasteiger partial charge in [-0.15, -0.1) is 0 Å². The third kappa shape index (κ3) is 5.81. The number of nitrogens with zero attached hydrogens (tertiary/aromatic N) is 3. The highest BCUT2D eigenvalue weighted by atomic mass is 19.4. The van der Waals surface area contributed by atoms with Crippen LogP contribution in [-0.2, 0) is 6.18 Å². The SMILES string of the molecule is CNC(=O)c1cc(-c2ccc(NC(=O)Nc3ccc(N4CCNCC4)c(C(F)(F)F)c3)cc2)nc2cccnc12. The second-order valence-corrected chi connectivity index (χ2v) is 9.13. The maximum Gasteiger partial charge on any atom is 0.418 e. The number of hydrogen-bond acceptors (Lipinski definition) is 6. The minimum Gasteiger partial charge on any atom is -0.368 e. The van der Waals surface area contributed by atoms with E-state index in [1.807, 2.05) is 0 Å². The number of amides is 3. The van der Waals surface area contributed by atoms with Crippen LogP contribution in [0.25, 0.3) is 22.3 Å². The molecule has 3 amide bonds. The average Bonchev–Trinajstić information content (AvgIpc) is 2.96. The number of urea groups is 1. The van der Waals surface area contributed by atoms with Gasteiger partial charge in [0.05, 0.1) is 22.3 Å². The minimum absolute atomic E-state index is 0.0241.